The number of rotatable bonds is 3. The van der Waals surface area contributed by atoms with Crippen LogP contribution < -0.4 is 0 Å². The Hall–Kier alpha value is -0.860. The lowest BCUT2D eigenvalue weighted by Gasteiger charge is -2.54. The van der Waals surface area contributed by atoms with Crippen LogP contribution in [0.1, 0.15) is 50.2 Å². The van der Waals surface area contributed by atoms with Gasteiger partial charge >= 0.3 is 0 Å². The molecule has 0 amide bonds. The van der Waals surface area contributed by atoms with E-state index in [2.05, 4.69) is 0 Å². The Labute approximate surface area is 109 Å². The number of methoxy groups -OCH3 is 1. The van der Waals surface area contributed by atoms with Crippen LogP contribution in [0.2, 0.25) is 0 Å². The van der Waals surface area contributed by atoms with Crippen molar-refractivity contribution in [3.8, 4) is 0 Å². The largest absolute Gasteiger partial charge is 0.388 e. The third kappa shape index (κ3) is 1.79. The molecule has 1 aromatic carbocycles. The lowest BCUT2D eigenvalue weighted by atomic mass is 9.55. The molecule has 2 bridgehead atoms. The fraction of sp³-hybridized carbons (Fsp3) is 0.625. The lowest BCUT2D eigenvalue weighted by Crippen LogP contribution is -2.49. The summed E-state index contributed by atoms with van der Waals surface area (Å²) in [6.07, 6.45) is 6.28. The van der Waals surface area contributed by atoms with Crippen molar-refractivity contribution in [2.24, 2.45) is 5.41 Å². The van der Waals surface area contributed by atoms with Gasteiger partial charge in [-0.2, -0.15) is 0 Å². The molecule has 2 nitrogen and oxygen atoms in total. The monoisotopic (exact) mass is 246 g/mol. The van der Waals surface area contributed by atoms with Gasteiger partial charge in [0, 0.05) is 12.5 Å². The van der Waals surface area contributed by atoms with E-state index in [-0.39, 0.29) is 17.1 Å². The van der Waals surface area contributed by atoms with Crippen molar-refractivity contribution in [2.75, 3.05) is 7.11 Å². The molecule has 0 spiro atoms. The van der Waals surface area contributed by atoms with Crippen LogP contribution in [0.5, 0.6) is 0 Å². The number of fused-ring (bicyclic) bond motifs is 3. The smallest absolute Gasteiger partial charge is 0.0846 e. The van der Waals surface area contributed by atoms with Crippen LogP contribution in [0, 0.1) is 5.41 Å². The highest BCUT2D eigenvalue weighted by Crippen LogP contribution is 2.58. The summed E-state index contributed by atoms with van der Waals surface area (Å²) in [6, 6.07) is 10.1. The summed E-state index contributed by atoms with van der Waals surface area (Å²) in [5.41, 5.74) is 1.30. The minimum absolute atomic E-state index is 0.0988. The fourth-order valence-electron chi connectivity index (χ4n) is 3.89. The molecule has 0 aromatic heterocycles. The van der Waals surface area contributed by atoms with Gasteiger partial charge in [0.1, 0.15) is 0 Å². The summed E-state index contributed by atoms with van der Waals surface area (Å²) in [5.74, 6) is 0. The van der Waals surface area contributed by atoms with Crippen LogP contribution in [0.15, 0.2) is 30.3 Å². The average Bonchev–Trinajstić information content (AvgIpc) is 2.49. The van der Waals surface area contributed by atoms with Crippen molar-refractivity contribution < 1.29 is 9.84 Å². The Kier molecular flexibility index (Phi) is 2.95. The molecule has 3 aliphatic rings. The van der Waals surface area contributed by atoms with Gasteiger partial charge in [-0.1, -0.05) is 30.3 Å². The zero-order valence-corrected chi connectivity index (χ0v) is 11.1. The fourth-order valence-corrected chi connectivity index (χ4v) is 3.89. The molecule has 3 fully saturated rings. The first-order valence-corrected chi connectivity index (χ1v) is 6.98. The minimum Gasteiger partial charge on any atom is -0.388 e. The average molecular weight is 246 g/mol. The highest BCUT2D eigenvalue weighted by atomic mass is 16.5. The SMILES string of the molecule is COC12CCC(C(O)c3ccccc3)(CC1)CC2. The van der Waals surface area contributed by atoms with Crippen LogP contribution in [-0.2, 0) is 4.74 Å². The van der Waals surface area contributed by atoms with Gasteiger partial charge in [-0.25, -0.2) is 0 Å². The van der Waals surface area contributed by atoms with Crippen molar-refractivity contribution in [1.82, 2.24) is 0 Å². The molecule has 98 valence electrons. The maximum atomic E-state index is 10.7. The molecule has 1 N–H and O–H groups in total. The molecule has 18 heavy (non-hydrogen) atoms. The molecule has 1 unspecified atom stereocenters. The Morgan fingerprint density at radius 2 is 1.56 bits per heavy atom. The summed E-state index contributed by atoms with van der Waals surface area (Å²) in [7, 11) is 1.84. The van der Waals surface area contributed by atoms with E-state index in [1.54, 1.807) is 0 Å². The number of ether oxygens (including phenoxy) is 1. The Morgan fingerprint density at radius 3 is 2.06 bits per heavy atom. The van der Waals surface area contributed by atoms with E-state index >= 15 is 0 Å². The van der Waals surface area contributed by atoms with Gasteiger partial charge in [0.2, 0.25) is 0 Å². The number of aliphatic hydroxyl groups is 1. The standard InChI is InChI=1S/C16H22O2/c1-18-16-10-7-15(8-11-16,9-12-16)14(17)13-5-3-2-4-6-13/h2-6,14,17H,7-12H2,1H3. The first-order chi connectivity index (χ1) is 8.70. The van der Waals surface area contributed by atoms with E-state index in [0.29, 0.717) is 0 Å². The number of hydrogen-bond acceptors (Lipinski definition) is 2. The zero-order valence-electron chi connectivity index (χ0n) is 11.1. The van der Waals surface area contributed by atoms with Gasteiger partial charge in [-0.05, 0) is 44.1 Å². The molecule has 3 aliphatic carbocycles. The maximum Gasteiger partial charge on any atom is 0.0846 e. The number of aliphatic hydroxyl groups excluding tert-OH is 1. The molecule has 1 aromatic rings. The van der Waals surface area contributed by atoms with Crippen molar-refractivity contribution in [1.29, 1.82) is 0 Å². The molecular weight excluding hydrogens is 224 g/mol. The first kappa shape index (κ1) is 12.2. The molecule has 4 rings (SSSR count). The normalized spacial score (nSPS) is 36.6. The highest BCUT2D eigenvalue weighted by Gasteiger charge is 2.52. The first-order valence-electron chi connectivity index (χ1n) is 6.98. The quantitative estimate of drug-likeness (QED) is 0.885. The van der Waals surface area contributed by atoms with Gasteiger partial charge in [-0.3, -0.25) is 0 Å². The molecular formula is C16H22O2. The second kappa shape index (κ2) is 4.36. The van der Waals surface area contributed by atoms with Crippen LogP contribution in [0.4, 0.5) is 0 Å². The summed E-state index contributed by atoms with van der Waals surface area (Å²) in [4.78, 5) is 0. The topological polar surface area (TPSA) is 29.5 Å². The lowest BCUT2D eigenvalue weighted by molar-refractivity contribution is -0.150. The predicted octanol–water partition coefficient (Wildman–Crippen LogP) is 3.46. The molecule has 0 radical (unpaired) electrons. The third-order valence-corrected chi connectivity index (χ3v) is 5.36. The number of hydrogen-bond donors (Lipinski definition) is 1. The third-order valence-electron chi connectivity index (χ3n) is 5.36. The van der Waals surface area contributed by atoms with Crippen LogP contribution >= 0.6 is 0 Å². The maximum absolute atomic E-state index is 10.7. The van der Waals surface area contributed by atoms with Gasteiger partial charge < -0.3 is 9.84 Å². The van der Waals surface area contributed by atoms with Crippen LogP contribution in [0.3, 0.4) is 0 Å². The second-order valence-electron chi connectivity index (χ2n) is 6.06. The van der Waals surface area contributed by atoms with Crippen LogP contribution in [0.25, 0.3) is 0 Å². The summed E-state index contributed by atoms with van der Waals surface area (Å²) >= 11 is 0. The minimum atomic E-state index is -0.311. The van der Waals surface area contributed by atoms with E-state index < -0.39 is 0 Å². The van der Waals surface area contributed by atoms with Gasteiger partial charge in [-0.15, -0.1) is 0 Å². The molecule has 2 heteroatoms. The summed E-state index contributed by atoms with van der Waals surface area (Å²) < 4.78 is 5.71. The van der Waals surface area contributed by atoms with E-state index in [9.17, 15) is 5.11 Å². The van der Waals surface area contributed by atoms with Gasteiger partial charge in [0.05, 0.1) is 11.7 Å². The highest BCUT2D eigenvalue weighted by molar-refractivity contribution is 5.21. The van der Waals surface area contributed by atoms with Crippen molar-refractivity contribution in [2.45, 2.75) is 50.2 Å². The summed E-state index contributed by atoms with van der Waals surface area (Å²) in [5, 5.41) is 10.7. The van der Waals surface area contributed by atoms with Crippen molar-refractivity contribution in [3.63, 3.8) is 0 Å². The Bertz CT molecular complexity index is 388. The van der Waals surface area contributed by atoms with E-state index in [1.165, 1.54) is 0 Å². The molecule has 0 saturated heterocycles. The van der Waals surface area contributed by atoms with E-state index in [4.69, 9.17) is 4.74 Å². The van der Waals surface area contributed by atoms with Gasteiger partial charge in [0.25, 0.3) is 0 Å². The second-order valence-corrected chi connectivity index (χ2v) is 6.06. The molecule has 1 atom stereocenters. The predicted molar refractivity (Wildman–Crippen MR) is 71.3 cm³/mol. The number of benzene rings is 1. The van der Waals surface area contributed by atoms with Gasteiger partial charge in [0.15, 0.2) is 0 Å². The van der Waals surface area contributed by atoms with E-state index in [1.807, 2.05) is 37.4 Å². The summed E-state index contributed by atoms with van der Waals surface area (Å²) in [6.45, 7) is 0. The van der Waals surface area contributed by atoms with E-state index in [0.717, 1.165) is 44.1 Å². The molecule has 0 aliphatic heterocycles. The van der Waals surface area contributed by atoms with Crippen LogP contribution in [-0.4, -0.2) is 17.8 Å². The Morgan fingerprint density at radius 1 is 1.00 bits per heavy atom. The molecule has 3 saturated carbocycles. The van der Waals surface area contributed by atoms with Crippen molar-refractivity contribution in [3.05, 3.63) is 35.9 Å². The molecule has 0 heterocycles. The zero-order chi connectivity index (χ0) is 12.6. The Balaban J connectivity index is 1.82. The van der Waals surface area contributed by atoms with Crippen molar-refractivity contribution >= 4 is 0 Å².